The van der Waals surface area contributed by atoms with Crippen LogP contribution in [0.2, 0.25) is 5.02 Å². The van der Waals surface area contributed by atoms with Gasteiger partial charge in [-0.15, -0.1) is 0 Å². The van der Waals surface area contributed by atoms with Gasteiger partial charge in [0.15, 0.2) is 0 Å². The van der Waals surface area contributed by atoms with E-state index in [9.17, 15) is 14.0 Å². The molecule has 0 radical (unpaired) electrons. The predicted molar refractivity (Wildman–Crippen MR) is 84.6 cm³/mol. The molecule has 4 nitrogen and oxygen atoms in total. The van der Waals surface area contributed by atoms with Gasteiger partial charge in [-0.2, -0.15) is 0 Å². The molecule has 112 valence electrons. The van der Waals surface area contributed by atoms with E-state index < -0.39 is 11.7 Å². The Morgan fingerprint density at radius 3 is 2.50 bits per heavy atom. The molecule has 0 spiro atoms. The number of amides is 2. The summed E-state index contributed by atoms with van der Waals surface area (Å²) in [5.41, 5.74) is 1.17. The second-order valence-corrected chi connectivity index (χ2v) is 4.76. The lowest BCUT2D eigenvalue weighted by Gasteiger charge is -2.08. The van der Waals surface area contributed by atoms with E-state index in [1.807, 2.05) is 0 Å². The Bertz CT molecular complexity index is 747. The first-order valence-electron chi connectivity index (χ1n) is 6.29. The average molecular weight is 319 g/mol. The van der Waals surface area contributed by atoms with Crippen molar-refractivity contribution in [1.29, 1.82) is 0 Å². The van der Waals surface area contributed by atoms with Crippen LogP contribution < -0.4 is 10.6 Å². The molecule has 2 aromatic rings. The normalized spacial score (nSPS) is 9.91. The molecule has 2 rings (SSSR count). The minimum absolute atomic E-state index is 0.0789. The molecule has 0 fully saturated rings. The Morgan fingerprint density at radius 1 is 1.09 bits per heavy atom. The van der Waals surface area contributed by atoms with Gasteiger partial charge in [0.1, 0.15) is 5.82 Å². The fourth-order valence-electron chi connectivity index (χ4n) is 1.71. The van der Waals surface area contributed by atoms with Crippen LogP contribution in [-0.2, 0) is 4.79 Å². The third-order valence-corrected chi connectivity index (χ3v) is 3.04. The lowest BCUT2D eigenvalue weighted by atomic mass is 10.2. The van der Waals surface area contributed by atoms with Crippen molar-refractivity contribution in [3.63, 3.8) is 0 Å². The van der Waals surface area contributed by atoms with Gasteiger partial charge in [-0.1, -0.05) is 24.2 Å². The Balaban J connectivity index is 2.15. The van der Waals surface area contributed by atoms with E-state index in [1.165, 1.54) is 24.3 Å². The first-order valence-corrected chi connectivity index (χ1v) is 6.67. The molecule has 0 aliphatic heterocycles. The predicted octanol–water partition coefficient (Wildman–Crippen LogP) is 3.86. The topological polar surface area (TPSA) is 58.2 Å². The summed E-state index contributed by atoms with van der Waals surface area (Å²) < 4.78 is 13.1. The van der Waals surface area contributed by atoms with Gasteiger partial charge >= 0.3 is 0 Å². The van der Waals surface area contributed by atoms with E-state index in [-0.39, 0.29) is 10.9 Å². The van der Waals surface area contributed by atoms with Crippen LogP contribution in [0.4, 0.5) is 15.8 Å². The minimum atomic E-state index is -0.561. The summed E-state index contributed by atoms with van der Waals surface area (Å²) in [7, 11) is 0. The Kier molecular flexibility index (Phi) is 4.91. The summed E-state index contributed by atoms with van der Waals surface area (Å²) in [6, 6.07) is 10.3. The maximum atomic E-state index is 13.1. The van der Waals surface area contributed by atoms with Crippen molar-refractivity contribution in [2.45, 2.75) is 0 Å². The fraction of sp³-hybridized carbons (Fsp3) is 0. The van der Waals surface area contributed by atoms with Gasteiger partial charge in [0.05, 0.1) is 5.02 Å². The van der Waals surface area contributed by atoms with Crippen molar-refractivity contribution in [3.8, 4) is 0 Å². The SMILES string of the molecule is C=CC(=O)Nc1cccc(C(=O)Nc2ccc(F)c(Cl)c2)c1. The van der Waals surface area contributed by atoms with E-state index in [0.29, 0.717) is 16.9 Å². The largest absolute Gasteiger partial charge is 0.323 e. The number of carbonyl (C=O) groups is 2. The molecular weight excluding hydrogens is 307 g/mol. The summed E-state index contributed by atoms with van der Waals surface area (Å²) in [5, 5.41) is 5.08. The fourth-order valence-corrected chi connectivity index (χ4v) is 1.89. The second-order valence-electron chi connectivity index (χ2n) is 4.36. The lowest BCUT2D eigenvalue weighted by molar-refractivity contribution is -0.111. The molecule has 6 heteroatoms. The molecule has 22 heavy (non-hydrogen) atoms. The summed E-state index contributed by atoms with van der Waals surface area (Å²) in [6.45, 7) is 3.35. The Labute approximate surface area is 131 Å². The average Bonchev–Trinajstić information content (AvgIpc) is 2.51. The molecule has 0 saturated carbocycles. The molecule has 0 aliphatic rings. The second kappa shape index (κ2) is 6.87. The van der Waals surface area contributed by atoms with Crippen molar-refractivity contribution in [2.75, 3.05) is 10.6 Å². The molecule has 0 aliphatic carbocycles. The highest BCUT2D eigenvalue weighted by Gasteiger charge is 2.09. The van der Waals surface area contributed by atoms with E-state index in [4.69, 9.17) is 11.6 Å². The van der Waals surface area contributed by atoms with Gasteiger partial charge in [0.25, 0.3) is 5.91 Å². The van der Waals surface area contributed by atoms with Crippen molar-refractivity contribution >= 4 is 34.8 Å². The first kappa shape index (κ1) is 15.7. The number of carbonyl (C=O) groups excluding carboxylic acids is 2. The molecule has 0 unspecified atom stereocenters. The monoisotopic (exact) mass is 318 g/mol. The molecule has 0 saturated heterocycles. The zero-order chi connectivity index (χ0) is 16.1. The van der Waals surface area contributed by atoms with Gasteiger partial charge in [-0.25, -0.2) is 4.39 Å². The van der Waals surface area contributed by atoms with Gasteiger partial charge in [-0.05, 0) is 42.5 Å². The van der Waals surface area contributed by atoms with Crippen molar-refractivity contribution < 1.29 is 14.0 Å². The number of anilines is 2. The van der Waals surface area contributed by atoms with Gasteiger partial charge in [0.2, 0.25) is 5.91 Å². The molecule has 2 aromatic carbocycles. The standard InChI is InChI=1S/C16H12ClFN2O2/c1-2-15(21)19-11-5-3-4-10(8-11)16(22)20-12-6-7-14(18)13(17)9-12/h2-9H,1H2,(H,19,21)(H,20,22). The molecule has 2 amide bonds. The molecule has 0 bridgehead atoms. The van der Waals surface area contributed by atoms with Crippen LogP contribution in [0.1, 0.15) is 10.4 Å². The number of hydrogen-bond donors (Lipinski definition) is 2. The van der Waals surface area contributed by atoms with Crippen LogP contribution in [0.15, 0.2) is 55.1 Å². The summed E-state index contributed by atoms with van der Waals surface area (Å²) in [6.07, 6.45) is 1.13. The van der Waals surface area contributed by atoms with Crippen LogP contribution in [0.5, 0.6) is 0 Å². The Hall–Kier alpha value is -2.66. The van der Waals surface area contributed by atoms with E-state index in [2.05, 4.69) is 17.2 Å². The number of rotatable bonds is 4. The maximum absolute atomic E-state index is 13.1. The molecule has 0 atom stereocenters. The first-order chi connectivity index (χ1) is 10.5. The summed E-state index contributed by atoms with van der Waals surface area (Å²) >= 11 is 5.66. The van der Waals surface area contributed by atoms with Crippen LogP contribution in [0, 0.1) is 5.82 Å². The van der Waals surface area contributed by atoms with Crippen LogP contribution in [0.25, 0.3) is 0 Å². The van der Waals surface area contributed by atoms with Crippen molar-refractivity contribution in [3.05, 3.63) is 71.5 Å². The smallest absolute Gasteiger partial charge is 0.255 e. The zero-order valence-electron chi connectivity index (χ0n) is 11.4. The highest BCUT2D eigenvalue weighted by Crippen LogP contribution is 2.20. The van der Waals surface area contributed by atoms with E-state index in [0.717, 1.165) is 6.08 Å². The van der Waals surface area contributed by atoms with Gasteiger partial charge in [-0.3, -0.25) is 9.59 Å². The summed E-state index contributed by atoms with van der Waals surface area (Å²) in [5.74, 6) is -1.34. The number of halogens is 2. The lowest BCUT2D eigenvalue weighted by Crippen LogP contribution is -2.13. The molecule has 0 aromatic heterocycles. The van der Waals surface area contributed by atoms with Gasteiger partial charge < -0.3 is 10.6 Å². The molecule has 0 heterocycles. The van der Waals surface area contributed by atoms with Crippen LogP contribution in [0.3, 0.4) is 0 Å². The Morgan fingerprint density at radius 2 is 1.82 bits per heavy atom. The third kappa shape index (κ3) is 3.93. The highest BCUT2D eigenvalue weighted by molar-refractivity contribution is 6.31. The number of nitrogens with one attached hydrogen (secondary N) is 2. The van der Waals surface area contributed by atoms with E-state index >= 15 is 0 Å². The van der Waals surface area contributed by atoms with E-state index in [1.54, 1.807) is 18.2 Å². The molecule has 2 N–H and O–H groups in total. The van der Waals surface area contributed by atoms with Crippen molar-refractivity contribution in [1.82, 2.24) is 0 Å². The third-order valence-electron chi connectivity index (χ3n) is 2.76. The quantitative estimate of drug-likeness (QED) is 0.841. The molecular formula is C16H12ClFN2O2. The number of hydrogen-bond acceptors (Lipinski definition) is 2. The summed E-state index contributed by atoms with van der Waals surface area (Å²) in [4.78, 5) is 23.4. The van der Waals surface area contributed by atoms with Crippen LogP contribution in [-0.4, -0.2) is 11.8 Å². The highest BCUT2D eigenvalue weighted by atomic mass is 35.5. The minimum Gasteiger partial charge on any atom is -0.323 e. The van der Waals surface area contributed by atoms with Crippen LogP contribution >= 0.6 is 11.6 Å². The maximum Gasteiger partial charge on any atom is 0.255 e. The van der Waals surface area contributed by atoms with Gasteiger partial charge in [0, 0.05) is 16.9 Å². The number of benzene rings is 2. The zero-order valence-corrected chi connectivity index (χ0v) is 12.2. The van der Waals surface area contributed by atoms with Crippen molar-refractivity contribution in [2.24, 2.45) is 0 Å².